The van der Waals surface area contributed by atoms with Gasteiger partial charge in [0.2, 0.25) is 0 Å². The van der Waals surface area contributed by atoms with Crippen LogP contribution in [0.3, 0.4) is 0 Å². The molecule has 1 aromatic rings. The summed E-state index contributed by atoms with van der Waals surface area (Å²) in [5.41, 5.74) is 1.24. The van der Waals surface area contributed by atoms with E-state index in [4.69, 9.17) is 0 Å². The van der Waals surface area contributed by atoms with Crippen LogP contribution in [-0.2, 0) is 13.6 Å². The third kappa shape index (κ3) is 6.89. The molecule has 0 aliphatic rings. The lowest BCUT2D eigenvalue weighted by molar-refractivity contribution is 0.647. The molecule has 0 radical (unpaired) electrons. The molecule has 108 valence electrons. The van der Waals surface area contributed by atoms with Gasteiger partial charge in [0.25, 0.3) is 0 Å². The summed E-state index contributed by atoms with van der Waals surface area (Å²) in [6.07, 6.45) is 9.26. The first kappa shape index (κ1) is 15.6. The molecule has 1 aromatic heterocycles. The van der Waals surface area contributed by atoms with Crippen molar-refractivity contribution in [2.45, 2.75) is 46.1 Å². The first-order valence-corrected chi connectivity index (χ1v) is 7.39. The van der Waals surface area contributed by atoms with Crippen LogP contribution in [0.4, 0.5) is 0 Å². The maximum absolute atomic E-state index is 4.60. The molecule has 19 heavy (non-hydrogen) atoms. The summed E-state index contributed by atoms with van der Waals surface area (Å²) >= 11 is 0. The fourth-order valence-electron chi connectivity index (χ4n) is 1.93. The Bertz CT molecular complexity index is 368. The Balaban J connectivity index is 2.33. The number of aliphatic imine (C=N–C) groups is 1. The summed E-state index contributed by atoms with van der Waals surface area (Å²) in [5, 5.41) is 6.67. The van der Waals surface area contributed by atoms with Crippen molar-refractivity contribution in [2.24, 2.45) is 12.0 Å². The number of hydrogen-bond acceptors (Lipinski definition) is 1. The Kier molecular flexibility index (Phi) is 7.78. The van der Waals surface area contributed by atoms with Crippen molar-refractivity contribution in [3.63, 3.8) is 0 Å². The third-order valence-electron chi connectivity index (χ3n) is 2.98. The average Bonchev–Trinajstić information content (AvgIpc) is 2.81. The summed E-state index contributed by atoms with van der Waals surface area (Å²) in [7, 11) is 2.03. The van der Waals surface area contributed by atoms with Crippen LogP contribution >= 0.6 is 0 Å². The highest BCUT2D eigenvalue weighted by Crippen LogP contribution is 2.01. The van der Waals surface area contributed by atoms with Gasteiger partial charge in [0.15, 0.2) is 5.96 Å². The van der Waals surface area contributed by atoms with Crippen molar-refractivity contribution in [1.82, 2.24) is 15.2 Å². The van der Waals surface area contributed by atoms with Crippen LogP contribution in [0.15, 0.2) is 23.5 Å². The number of nitrogens with one attached hydrogen (secondary N) is 2. The normalized spacial score (nSPS) is 11.6. The second-order valence-electron chi connectivity index (χ2n) is 4.87. The molecule has 0 spiro atoms. The van der Waals surface area contributed by atoms with E-state index in [1.54, 1.807) is 0 Å². The molecule has 1 heterocycles. The van der Waals surface area contributed by atoms with Crippen LogP contribution in [-0.4, -0.2) is 23.6 Å². The molecule has 0 aliphatic heterocycles. The highest BCUT2D eigenvalue weighted by molar-refractivity contribution is 5.79. The maximum atomic E-state index is 4.60. The highest BCUT2D eigenvalue weighted by atomic mass is 15.2. The number of guanidine groups is 1. The van der Waals surface area contributed by atoms with E-state index in [1.165, 1.54) is 31.2 Å². The minimum Gasteiger partial charge on any atom is -0.357 e. The van der Waals surface area contributed by atoms with Crippen molar-refractivity contribution in [2.75, 3.05) is 13.1 Å². The molecule has 0 saturated heterocycles. The number of rotatable bonds is 8. The van der Waals surface area contributed by atoms with E-state index in [1.807, 2.05) is 7.05 Å². The largest absolute Gasteiger partial charge is 0.357 e. The monoisotopic (exact) mass is 264 g/mol. The van der Waals surface area contributed by atoms with Crippen LogP contribution in [0.2, 0.25) is 0 Å². The molecule has 0 aliphatic carbocycles. The molecule has 0 saturated carbocycles. The molecule has 0 unspecified atom stereocenters. The van der Waals surface area contributed by atoms with Gasteiger partial charge in [-0.3, -0.25) is 0 Å². The van der Waals surface area contributed by atoms with Gasteiger partial charge < -0.3 is 15.2 Å². The molecule has 4 nitrogen and oxygen atoms in total. The van der Waals surface area contributed by atoms with Gasteiger partial charge in [-0.05, 0) is 25.0 Å². The van der Waals surface area contributed by atoms with Crippen molar-refractivity contribution >= 4 is 5.96 Å². The van der Waals surface area contributed by atoms with E-state index in [9.17, 15) is 0 Å². The van der Waals surface area contributed by atoms with E-state index in [-0.39, 0.29) is 0 Å². The van der Waals surface area contributed by atoms with Crippen LogP contribution in [0.1, 0.15) is 45.1 Å². The molecule has 0 bridgehead atoms. The molecular weight excluding hydrogens is 236 g/mol. The van der Waals surface area contributed by atoms with Crippen LogP contribution in [0.5, 0.6) is 0 Å². The van der Waals surface area contributed by atoms with Crippen molar-refractivity contribution < 1.29 is 0 Å². The van der Waals surface area contributed by atoms with Crippen LogP contribution in [0.25, 0.3) is 0 Å². The van der Waals surface area contributed by atoms with Crippen LogP contribution < -0.4 is 10.6 Å². The third-order valence-corrected chi connectivity index (χ3v) is 2.98. The molecule has 2 N–H and O–H groups in total. The highest BCUT2D eigenvalue weighted by Gasteiger charge is 1.98. The zero-order valence-corrected chi connectivity index (χ0v) is 12.6. The van der Waals surface area contributed by atoms with Gasteiger partial charge in [-0.2, -0.15) is 0 Å². The quantitative estimate of drug-likeness (QED) is 0.430. The second-order valence-corrected chi connectivity index (χ2v) is 4.87. The summed E-state index contributed by atoms with van der Waals surface area (Å²) in [5.74, 6) is 0.919. The SMILES string of the molecule is CCCCCCNC(=NCc1ccn(C)c1)NCC. The molecular formula is C15H28N4. The predicted octanol–water partition coefficient (Wildman–Crippen LogP) is 2.66. The van der Waals surface area contributed by atoms with E-state index in [0.29, 0.717) is 0 Å². The second kappa shape index (κ2) is 9.48. The van der Waals surface area contributed by atoms with Gasteiger partial charge >= 0.3 is 0 Å². The Morgan fingerprint density at radius 2 is 2.05 bits per heavy atom. The average molecular weight is 264 g/mol. The fourth-order valence-corrected chi connectivity index (χ4v) is 1.93. The lowest BCUT2D eigenvalue weighted by Gasteiger charge is -2.10. The van der Waals surface area contributed by atoms with Crippen molar-refractivity contribution in [3.05, 3.63) is 24.0 Å². The minimum absolute atomic E-state index is 0.727. The Hall–Kier alpha value is -1.45. The minimum atomic E-state index is 0.727. The zero-order chi connectivity index (χ0) is 13.9. The zero-order valence-electron chi connectivity index (χ0n) is 12.6. The molecule has 0 fully saturated rings. The Labute approximate surface area is 117 Å². The first-order valence-electron chi connectivity index (χ1n) is 7.39. The molecule has 4 heteroatoms. The van der Waals surface area contributed by atoms with Gasteiger partial charge in [-0.25, -0.2) is 4.99 Å². The number of hydrogen-bond donors (Lipinski definition) is 2. The topological polar surface area (TPSA) is 41.4 Å². The van der Waals surface area contributed by atoms with E-state index in [2.05, 4.69) is 52.5 Å². The van der Waals surface area contributed by atoms with Gasteiger partial charge in [-0.1, -0.05) is 26.2 Å². The maximum Gasteiger partial charge on any atom is 0.191 e. The standard InChI is InChI=1S/C15H28N4/c1-4-6-7-8-10-17-15(16-5-2)18-12-14-9-11-19(3)13-14/h9,11,13H,4-8,10,12H2,1-3H3,(H2,16,17,18). The summed E-state index contributed by atoms with van der Waals surface area (Å²) < 4.78 is 2.05. The van der Waals surface area contributed by atoms with Crippen LogP contribution in [0, 0.1) is 0 Å². The molecule has 0 atom stereocenters. The van der Waals surface area contributed by atoms with E-state index >= 15 is 0 Å². The predicted molar refractivity (Wildman–Crippen MR) is 82.4 cm³/mol. The molecule has 0 amide bonds. The number of unbranched alkanes of at least 4 members (excludes halogenated alkanes) is 3. The van der Waals surface area contributed by atoms with Crippen molar-refractivity contribution in [1.29, 1.82) is 0 Å². The van der Waals surface area contributed by atoms with Gasteiger partial charge in [0, 0.05) is 32.5 Å². The van der Waals surface area contributed by atoms with E-state index in [0.717, 1.165) is 25.6 Å². The summed E-state index contributed by atoms with van der Waals surface area (Å²) in [4.78, 5) is 4.60. The molecule has 0 aromatic carbocycles. The lowest BCUT2D eigenvalue weighted by Crippen LogP contribution is -2.37. The van der Waals surface area contributed by atoms with Gasteiger partial charge in [0.1, 0.15) is 0 Å². The summed E-state index contributed by atoms with van der Waals surface area (Å²) in [6.45, 7) is 6.96. The molecule has 1 rings (SSSR count). The number of nitrogens with zero attached hydrogens (tertiary/aromatic N) is 2. The Morgan fingerprint density at radius 3 is 2.68 bits per heavy atom. The fraction of sp³-hybridized carbons (Fsp3) is 0.667. The Morgan fingerprint density at radius 1 is 1.21 bits per heavy atom. The summed E-state index contributed by atoms with van der Waals surface area (Å²) in [6, 6.07) is 2.11. The first-order chi connectivity index (χ1) is 9.26. The van der Waals surface area contributed by atoms with Crippen molar-refractivity contribution in [3.8, 4) is 0 Å². The lowest BCUT2D eigenvalue weighted by atomic mass is 10.2. The van der Waals surface area contributed by atoms with E-state index < -0.39 is 0 Å². The smallest absolute Gasteiger partial charge is 0.191 e. The number of aromatic nitrogens is 1. The van der Waals surface area contributed by atoms with Gasteiger partial charge in [-0.15, -0.1) is 0 Å². The number of aryl methyl sites for hydroxylation is 1. The van der Waals surface area contributed by atoms with Gasteiger partial charge in [0.05, 0.1) is 6.54 Å².